The molecular weight excluding hydrogens is 362 g/mol. The van der Waals surface area contributed by atoms with Crippen molar-refractivity contribution >= 4 is 11.8 Å². The number of thioether (sulfide) groups is 1. The van der Waals surface area contributed by atoms with Crippen molar-refractivity contribution in [2.24, 2.45) is 0 Å². The van der Waals surface area contributed by atoms with Crippen LogP contribution in [0.1, 0.15) is 36.8 Å². The summed E-state index contributed by atoms with van der Waals surface area (Å²) in [6.07, 6.45) is 5.05. The molecular formula is C20H23N3O3S. The second-order valence-corrected chi connectivity index (χ2v) is 7.57. The van der Waals surface area contributed by atoms with Crippen LogP contribution >= 0.6 is 11.8 Å². The molecule has 6 nitrogen and oxygen atoms in total. The molecule has 2 aromatic heterocycles. The Morgan fingerprint density at radius 1 is 1.15 bits per heavy atom. The van der Waals surface area contributed by atoms with Gasteiger partial charge in [-0.15, -0.1) is 10.2 Å². The van der Waals surface area contributed by atoms with Gasteiger partial charge in [0.2, 0.25) is 0 Å². The first-order chi connectivity index (χ1) is 13.3. The average Bonchev–Trinajstić information content (AvgIpc) is 3.27. The molecule has 0 amide bonds. The molecule has 142 valence electrons. The Hall–Kier alpha value is -2.41. The maximum atomic E-state index is 5.79. The van der Waals surface area contributed by atoms with Crippen molar-refractivity contribution in [2.45, 2.75) is 36.9 Å². The molecule has 1 fully saturated rings. The molecule has 27 heavy (non-hydrogen) atoms. The normalized spacial score (nSPS) is 13.7. The summed E-state index contributed by atoms with van der Waals surface area (Å²) in [5.74, 6) is 5.19. The number of rotatable bonds is 10. The van der Waals surface area contributed by atoms with E-state index in [0.29, 0.717) is 19.1 Å². The molecule has 0 radical (unpaired) electrons. The van der Waals surface area contributed by atoms with Crippen molar-refractivity contribution in [3.8, 4) is 11.5 Å². The van der Waals surface area contributed by atoms with E-state index >= 15 is 0 Å². The van der Waals surface area contributed by atoms with Crippen LogP contribution in [0.2, 0.25) is 0 Å². The van der Waals surface area contributed by atoms with Gasteiger partial charge in [-0.2, -0.15) is 0 Å². The van der Waals surface area contributed by atoms with Gasteiger partial charge < -0.3 is 13.9 Å². The fraction of sp³-hybridized carbons (Fsp3) is 0.400. The number of furan rings is 1. The molecule has 0 atom stereocenters. The van der Waals surface area contributed by atoms with Crippen molar-refractivity contribution in [1.82, 2.24) is 14.8 Å². The van der Waals surface area contributed by atoms with Crippen LogP contribution in [0, 0.1) is 0 Å². The van der Waals surface area contributed by atoms with Crippen LogP contribution in [-0.2, 0) is 6.54 Å². The molecule has 0 bridgehead atoms. The van der Waals surface area contributed by atoms with E-state index in [1.165, 1.54) is 12.8 Å². The van der Waals surface area contributed by atoms with E-state index in [1.807, 2.05) is 36.4 Å². The van der Waals surface area contributed by atoms with Crippen LogP contribution in [-0.4, -0.2) is 34.2 Å². The quantitative estimate of drug-likeness (QED) is 0.382. The van der Waals surface area contributed by atoms with E-state index in [4.69, 9.17) is 13.9 Å². The summed E-state index contributed by atoms with van der Waals surface area (Å²) >= 11 is 1.72. The van der Waals surface area contributed by atoms with Crippen LogP contribution in [0.5, 0.6) is 11.5 Å². The Morgan fingerprint density at radius 2 is 1.96 bits per heavy atom. The second kappa shape index (κ2) is 8.52. The van der Waals surface area contributed by atoms with Gasteiger partial charge in [0, 0.05) is 11.7 Å². The van der Waals surface area contributed by atoms with Gasteiger partial charge in [-0.3, -0.25) is 4.57 Å². The molecule has 0 saturated heterocycles. The Morgan fingerprint density at radius 3 is 2.67 bits per heavy atom. The van der Waals surface area contributed by atoms with Crippen LogP contribution < -0.4 is 9.47 Å². The summed E-state index contributed by atoms with van der Waals surface area (Å²) in [5, 5.41) is 9.80. The lowest BCUT2D eigenvalue weighted by Crippen LogP contribution is -2.06. The van der Waals surface area contributed by atoms with Crippen LogP contribution in [0.3, 0.4) is 0 Å². The molecule has 7 heteroatoms. The number of hydrogen-bond acceptors (Lipinski definition) is 6. The van der Waals surface area contributed by atoms with E-state index in [9.17, 15) is 0 Å². The second-order valence-electron chi connectivity index (χ2n) is 6.51. The molecule has 1 aliphatic carbocycles. The molecule has 4 rings (SSSR count). The molecule has 0 spiro atoms. The molecule has 3 aromatic rings. The third-order valence-corrected chi connectivity index (χ3v) is 5.48. The summed E-state index contributed by atoms with van der Waals surface area (Å²) in [4.78, 5) is 0. The van der Waals surface area contributed by atoms with Gasteiger partial charge in [0.1, 0.15) is 23.1 Å². The number of hydrogen-bond donors (Lipinski definition) is 0. The molecule has 1 aliphatic rings. The van der Waals surface area contributed by atoms with Crippen molar-refractivity contribution in [3.63, 3.8) is 0 Å². The lowest BCUT2D eigenvalue weighted by atomic mass is 10.3. The van der Waals surface area contributed by atoms with Gasteiger partial charge in [0.05, 0.1) is 26.5 Å². The zero-order valence-electron chi connectivity index (χ0n) is 15.3. The van der Waals surface area contributed by atoms with Gasteiger partial charge in [-0.1, -0.05) is 11.8 Å². The van der Waals surface area contributed by atoms with Crippen molar-refractivity contribution in [3.05, 3.63) is 54.2 Å². The molecule has 2 heterocycles. The third-order valence-electron chi connectivity index (χ3n) is 4.43. The number of methoxy groups -OCH3 is 1. The summed E-state index contributed by atoms with van der Waals surface area (Å²) < 4.78 is 18.6. The average molecular weight is 385 g/mol. The zero-order chi connectivity index (χ0) is 18.5. The van der Waals surface area contributed by atoms with Crippen molar-refractivity contribution in [2.75, 3.05) is 19.5 Å². The number of aromatic nitrogens is 3. The van der Waals surface area contributed by atoms with E-state index < -0.39 is 0 Å². The van der Waals surface area contributed by atoms with E-state index in [0.717, 1.165) is 40.4 Å². The SMILES string of the molecule is COc1ccc(OCCCSc2nnc(C3CC3)n2Cc2ccco2)cc1. The van der Waals surface area contributed by atoms with E-state index in [-0.39, 0.29) is 0 Å². The molecule has 0 unspecified atom stereocenters. The minimum Gasteiger partial charge on any atom is -0.497 e. The minimum atomic E-state index is 0.556. The summed E-state index contributed by atoms with van der Waals surface area (Å²) in [6.45, 7) is 1.36. The third kappa shape index (κ3) is 4.66. The highest BCUT2D eigenvalue weighted by Gasteiger charge is 2.30. The zero-order valence-corrected chi connectivity index (χ0v) is 16.2. The highest BCUT2D eigenvalue weighted by Crippen LogP contribution is 2.40. The highest BCUT2D eigenvalue weighted by atomic mass is 32.2. The van der Waals surface area contributed by atoms with Crippen molar-refractivity contribution < 1.29 is 13.9 Å². The van der Waals surface area contributed by atoms with E-state index in [2.05, 4.69) is 14.8 Å². The van der Waals surface area contributed by atoms with Crippen LogP contribution in [0.4, 0.5) is 0 Å². The predicted octanol–water partition coefficient (Wildman–Crippen LogP) is 4.37. The monoisotopic (exact) mass is 385 g/mol. The number of benzene rings is 1. The topological polar surface area (TPSA) is 62.3 Å². The summed E-state index contributed by atoms with van der Waals surface area (Å²) in [6, 6.07) is 11.6. The largest absolute Gasteiger partial charge is 0.497 e. The standard InChI is InChI=1S/C20H23N3O3S/c1-24-16-7-9-17(10-8-16)25-12-3-13-27-20-22-21-19(15-5-6-15)23(20)14-18-4-2-11-26-18/h2,4,7-11,15H,3,5-6,12-14H2,1H3. The van der Waals surface area contributed by atoms with Gasteiger partial charge in [-0.25, -0.2) is 0 Å². The number of ether oxygens (including phenoxy) is 2. The van der Waals surface area contributed by atoms with Gasteiger partial charge >= 0.3 is 0 Å². The first-order valence-corrected chi connectivity index (χ1v) is 10.2. The Bertz CT molecular complexity index is 842. The van der Waals surface area contributed by atoms with Gasteiger partial charge in [0.25, 0.3) is 0 Å². The minimum absolute atomic E-state index is 0.556. The molecule has 0 N–H and O–H groups in total. The smallest absolute Gasteiger partial charge is 0.191 e. The maximum Gasteiger partial charge on any atom is 0.191 e. The van der Waals surface area contributed by atoms with E-state index in [1.54, 1.807) is 25.1 Å². The Labute approximate surface area is 162 Å². The first kappa shape index (κ1) is 18.0. The van der Waals surface area contributed by atoms with Crippen LogP contribution in [0.25, 0.3) is 0 Å². The Balaban J connectivity index is 1.29. The first-order valence-electron chi connectivity index (χ1n) is 9.18. The fourth-order valence-electron chi connectivity index (χ4n) is 2.84. The molecule has 1 saturated carbocycles. The number of nitrogens with zero attached hydrogens (tertiary/aromatic N) is 3. The Kier molecular flexibility index (Phi) is 5.67. The lowest BCUT2D eigenvalue weighted by molar-refractivity contribution is 0.318. The highest BCUT2D eigenvalue weighted by molar-refractivity contribution is 7.99. The fourth-order valence-corrected chi connectivity index (χ4v) is 3.70. The van der Waals surface area contributed by atoms with Gasteiger partial charge in [-0.05, 0) is 55.7 Å². The predicted molar refractivity (Wildman–Crippen MR) is 104 cm³/mol. The summed E-state index contributed by atoms with van der Waals surface area (Å²) in [7, 11) is 1.66. The molecule has 1 aromatic carbocycles. The summed E-state index contributed by atoms with van der Waals surface area (Å²) in [5.41, 5.74) is 0. The van der Waals surface area contributed by atoms with Crippen molar-refractivity contribution in [1.29, 1.82) is 0 Å². The lowest BCUT2D eigenvalue weighted by Gasteiger charge is -2.09. The molecule has 0 aliphatic heterocycles. The van der Waals surface area contributed by atoms with Gasteiger partial charge in [0.15, 0.2) is 5.16 Å². The maximum absolute atomic E-state index is 5.79. The van der Waals surface area contributed by atoms with Crippen LogP contribution in [0.15, 0.2) is 52.2 Å².